The lowest BCUT2D eigenvalue weighted by molar-refractivity contribution is 0.410. The van der Waals surface area contributed by atoms with Gasteiger partial charge < -0.3 is 14.5 Å². The molecule has 0 saturated heterocycles. The Hall–Kier alpha value is -3.11. The number of aromatic nitrogens is 1. The third-order valence-electron chi connectivity index (χ3n) is 4.30. The lowest BCUT2D eigenvalue weighted by atomic mass is 10.1. The molecule has 4 aromatic rings. The normalized spacial score (nSPS) is 11.0. The number of pyridine rings is 1. The Labute approximate surface area is 152 Å². The van der Waals surface area contributed by atoms with Gasteiger partial charge in [0.15, 0.2) is 11.3 Å². The molecule has 26 heavy (non-hydrogen) atoms. The summed E-state index contributed by atoms with van der Waals surface area (Å²) in [6, 6.07) is 20.3. The van der Waals surface area contributed by atoms with E-state index in [2.05, 4.69) is 28.5 Å². The summed E-state index contributed by atoms with van der Waals surface area (Å²) in [5.41, 5.74) is 4.15. The zero-order valence-corrected chi connectivity index (χ0v) is 14.6. The molecule has 0 aliphatic carbocycles. The molecule has 0 fully saturated rings. The van der Waals surface area contributed by atoms with Crippen molar-refractivity contribution in [1.82, 2.24) is 10.3 Å². The Balaban J connectivity index is 1.58. The van der Waals surface area contributed by atoms with Crippen molar-refractivity contribution in [2.45, 2.75) is 13.1 Å². The van der Waals surface area contributed by atoms with Gasteiger partial charge >= 0.3 is 0 Å². The van der Waals surface area contributed by atoms with E-state index in [9.17, 15) is 0 Å². The molecule has 2 aromatic heterocycles. The zero-order chi connectivity index (χ0) is 17.8. The van der Waals surface area contributed by atoms with Crippen LogP contribution < -0.4 is 10.1 Å². The van der Waals surface area contributed by atoms with Crippen molar-refractivity contribution in [2.24, 2.45) is 0 Å². The van der Waals surface area contributed by atoms with E-state index in [-0.39, 0.29) is 0 Å². The average Bonchev–Trinajstić information content (AvgIpc) is 3.13. The van der Waals surface area contributed by atoms with Crippen molar-refractivity contribution in [2.75, 3.05) is 7.11 Å². The molecule has 0 aliphatic heterocycles. The Morgan fingerprint density at radius 2 is 1.81 bits per heavy atom. The van der Waals surface area contributed by atoms with Crippen LogP contribution >= 0.6 is 0 Å². The largest absolute Gasteiger partial charge is 0.493 e. The van der Waals surface area contributed by atoms with E-state index < -0.39 is 0 Å². The van der Waals surface area contributed by atoms with Gasteiger partial charge in [0.05, 0.1) is 7.11 Å². The first-order valence-electron chi connectivity index (χ1n) is 8.59. The average molecular weight is 344 g/mol. The van der Waals surface area contributed by atoms with Crippen LogP contribution in [0.2, 0.25) is 0 Å². The first kappa shape index (κ1) is 16.4. The number of nitrogens with zero attached hydrogens (tertiary/aromatic N) is 1. The van der Waals surface area contributed by atoms with Crippen LogP contribution in [0.5, 0.6) is 5.75 Å². The number of rotatable bonds is 6. The fraction of sp³-hybridized carbons (Fsp3) is 0.136. The number of fused-ring (bicyclic) bond motifs is 1. The van der Waals surface area contributed by atoms with Gasteiger partial charge in [0.2, 0.25) is 0 Å². The van der Waals surface area contributed by atoms with Crippen LogP contribution in [0.4, 0.5) is 0 Å². The van der Waals surface area contributed by atoms with Crippen LogP contribution in [0, 0.1) is 0 Å². The molecule has 1 N–H and O–H groups in total. The lowest BCUT2D eigenvalue weighted by Crippen LogP contribution is -2.12. The minimum Gasteiger partial charge on any atom is -0.493 e. The van der Waals surface area contributed by atoms with E-state index in [1.807, 2.05) is 48.7 Å². The van der Waals surface area contributed by atoms with E-state index in [4.69, 9.17) is 9.15 Å². The highest BCUT2D eigenvalue weighted by Crippen LogP contribution is 2.34. The summed E-state index contributed by atoms with van der Waals surface area (Å²) in [5.74, 6) is 1.60. The summed E-state index contributed by atoms with van der Waals surface area (Å²) in [7, 11) is 1.67. The van der Waals surface area contributed by atoms with Crippen molar-refractivity contribution >= 4 is 11.0 Å². The number of methoxy groups -OCH3 is 1. The van der Waals surface area contributed by atoms with E-state index in [1.165, 1.54) is 0 Å². The molecular weight excluding hydrogens is 324 g/mol. The third-order valence-corrected chi connectivity index (χ3v) is 4.30. The molecule has 130 valence electrons. The van der Waals surface area contributed by atoms with Gasteiger partial charge in [0.1, 0.15) is 5.76 Å². The highest BCUT2D eigenvalue weighted by atomic mass is 16.5. The summed E-state index contributed by atoms with van der Waals surface area (Å²) in [4.78, 5) is 4.14. The van der Waals surface area contributed by atoms with E-state index >= 15 is 0 Å². The van der Waals surface area contributed by atoms with Crippen molar-refractivity contribution in [3.8, 4) is 17.1 Å². The molecule has 4 heteroatoms. The molecule has 2 aromatic carbocycles. The van der Waals surface area contributed by atoms with Gasteiger partial charge in [-0.2, -0.15) is 0 Å². The van der Waals surface area contributed by atoms with Gasteiger partial charge in [-0.1, -0.05) is 36.4 Å². The zero-order valence-electron chi connectivity index (χ0n) is 14.6. The molecule has 4 rings (SSSR count). The number of hydrogen-bond acceptors (Lipinski definition) is 4. The maximum Gasteiger partial charge on any atom is 0.176 e. The molecule has 0 spiro atoms. The number of furan rings is 1. The topological polar surface area (TPSA) is 47.3 Å². The molecular formula is C22H20N2O2. The Morgan fingerprint density at radius 1 is 0.962 bits per heavy atom. The number of hydrogen-bond donors (Lipinski definition) is 1. The second-order valence-electron chi connectivity index (χ2n) is 6.16. The first-order chi connectivity index (χ1) is 12.8. The molecule has 4 nitrogen and oxygen atoms in total. The molecule has 0 aliphatic rings. The summed E-state index contributed by atoms with van der Waals surface area (Å²) >= 11 is 0. The predicted molar refractivity (Wildman–Crippen MR) is 103 cm³/mol. The van der Waals surface area contributed by atoms with Crippen LogP contribution in [0.3, 0.4) is 0 Å². The van der Waals surface area contributed by atoms with E-state index in [0.29, 0.717) is 0 Å². The maximum atomic E-state index is 6.05. The Bertz CT molecular complexity index is 995. The molecule has 2 heterocycles. The number of nitrogens with one attached hydrogen (secondary N) is 1. The Morgan fingerprint density at radius 3 is 2.58 bits per heavy atom. The summed E-state index contributed by atoms with van der Waals surface area (Å²) in [6.45, 7) is 1.52. The van der Waals surface area contributed by atoms with Crippen molar-refractivity contribution < 1.29 is 9.15 Å². The third kappa shape index (κ3) is 3.46. The van der Waals surface area contributed by atoms with Gasteiger partial charge in [-0.15, -0.1) is 0 Å². The van der Waals surface area contributed by atoms with Crippen molar-refractivity contribution in [3.63, 3.8) is 0 Å². The van der Waals surface area contributed by atoms with Gasteiger partial charge in [0.25, 0.3) is 0 Å². The van der Waals surface area contributed by atoms with Crippen molar-refractivity contribution in [1.29, 1.82) is 0 Å². The van der Waals surface area contributed by atoms with Gasteiger partial charge in [0, 0.05) is 36.4 Å². The fourth-order valence-corrected chi connectivity index (χ4v) is 3.03. The van der Waals surface area contributed by atoms with Crippen LogP contribution in [-0.4, -0.2) is 12.1 Å². The standard InChI is InChI=1S/C22H20N2O2/c1-25-21-11-17(15-24-14-16-6-5-9-23-13-16)10-19-12-20(26-22(19)21)18-7-3-2-4-8-18/h2-13,24H,14-15H2,1H3. The molecule has 0 unspecified atom stereocenters. The van der Waals surface area contributed by atoms with E-state index in [0.717, 1.165) is 52.3 Å². The second kappa shape index (κ2) is 7.42. The smallest absolute Gasteiger partial charge is 0.176 e. The Kier molecular flexibility index (Phi) is 4.67. The lowest BCUT2D eigenvalue weighted by Gasteiger charge is -2.07. The summed E-state index contributed by atoms with van der Waals surface area (Å²) in [6.07, 6.45) is 3.66. The van der Waals surface area contributed by atoms with Crippen LogP contribution in [-0.2, 0) is 13.1 Å². The van der Waals surface area contributed by atoms with Crippen LogP contribution in [0.1, 0.15) is 11.1 Å². The van der Waals surface area contributed by atoms with Crippen molar-refractivity contribution in [3.05, 3.63) is 84.2 Å². The minimum atomic E-state index is 0.743. The summed E-state index contributed by atoms with van der Waals surface area (Å²) < 4.78 is 11.6. The SMILES string of the molecule is COc1cc(CNCc2cccnc2)cc2cc(-c3ccccc3)oc12. The first-order valence-corrected chi connectivity index (χ1v) is 8.59. The molecule has 0 saturated carbocycles. The maximum absolute atomic E-state index is 6.05. The highest BCUT2D eigenvalue weighted by molar-refractivity contribution is 5.88. The van der Waals surface area contributed by atoms with Crippen LogP contribution in [0.25, 0.3) is 22.3 Å². The summed E-state index contributed by atoms with van der Waals surface area (Å²) in [5, 5.41) is 4.49. The minimum absolute atomic E-state index is 0.743. The second-order valence-corrected chi connectivity index (χ2v) is 6.16. The van der Waals surface area contributed by atoms with Gasteiger partial charge in [-0.05, 0) is 35.4 Å². The van der Waals surface area contributed by atoms with Gasteiger partial charge in [-0.3, -0.25) is 4.98 Å². The monoisotopic (exact) mass is 344 g/mol. The van der Waals surface area contributed by atoms with Gasteiger partial charge in [-0.25, -0.2) is 0 Å². The number of ether oxygens (including phenoxy) is 1. The molecule has 0 bridgehead atoms. The molecule has 0 radical (unpaired) electrons. The fourth-order valence-electron chi connectivity index (χ4n) is 3.03. The number of benzene rings is 2. The predicted octanol–water partition coefficient (Wildman–Crippen LogP) is 4.79. The van der Waals surface area contributed by atoms with E-state index in [1.54, 1.807) is 13.3 Å². The quantitative estimate of drug-likeness (QED) is 0.546. The van der Waals surface area contributed by atoms with Crippen LogP contribution in [0.15, 0.2) is 77.5 Å². The highest BCUT2D eigenvalue weighted by Gasteiger charge is 2.12. The molecule has 0 amide bonds. The molecule has 0 atom stereocenters.